The molecule has 0 fully saturated rings. The molecule has 0 bridgehead atoms. The lowest BCUT2D eigenvalue weighted by Gasteiger charge is -2.21. The molecule has 1 heterocycles. The number of carbonyl (C=O) groups is 2. The lowest BCUT2D eigenvalue weighted by atomic mass is 10.2. The number of nitrogens with one attached hydrogen (secondary N) is 2. The van der Waals surface area contributed by atoms with Gasteiger partial charge >= 0.3 is 0 Å². The van der Waals surface area contributed by atoms with E-state index in [1.807, 2.05) is 13.8 Å². The average molecular weight is 413 g/mol. The summed E-state index contributed by atoms with van der Waals surface area (Å²) in [5.74, 6) is 1.64. The molecular weight excluding hydrogens is 386 g/mol. The molecule has 2 N–H and O–H groups in total. The number of anilines is 2. The normalized spacial score (nSPS) is 12.4. The molecule has 0 aliphatic carbocycles. The Morgan fingerprint density at radius 2 is 1.50 bits per heavy atom. The Hall–Kier alpha value is -3.26. The number of ether oxygens (including phenoxy) is 3. The molecule has 0 saturated heterocycles. The number of benzene rings is 2. The molecule has 0 atom stereocenters. The van der Waals surface area contributed by atoms with Gasteiger partial charge in [-0.2, -0.15) is 0 Å². The van der Waals surface area contributed by atoms with E-state index in [2.05, 4.69) is 10.6 Å². The van der Waals surface area contributed by atoms with Crippen molar-refractivity contribution < 1.29 is 23.8 Å². The van der Waals surface area contributed by atoms with Crippen molar-refractivity contribution in [3.63, 3.8) is 0 Å². The molecule has 0 saturated carbocycles. The standard InChI is InChI=1S/C22H27N3O5/c1-3-25(14-21(26)23-16-5-8-18(9-6-16)28-4-2)15-22(27)24-17-7-10-19-20(13-17)30-12-11-29-19/h5-10,13H,3-4,11-12,14-15H2,1-2H3,(H,23,26)(H,24,27). The first-order valence-electron chi connectivity index (χ1n) is 10.0. The van der Waals surface area contributed by atoms with E-state index < -0.39 is 0 Å². The van der Waals surface area contributed by atoms with Crippen LogP contribution in [-0.4, -0.2) is 56.2 Å². The Kier molecular flexibility index (Phi) is 7.51. The van der Waals surface area contributed by atoms with E-state index in [0.29, 0.717) is 49.2 Å². The van der Waals surface area contributed by atoms with Gasteiger partial charge in [-0.3, -0.25) is 14.5 Å². The van der Waals surface area contributed by atoms with E-state index in [9.17, 15) is 9.59 Å². The second kappa shape index (κ2) is 10.5. The Morgan fingerprint density at radius 3 is 2.13 bits per heavy atom. The topological polar surface area (TPSA) is 89.1 Å². The van der Waals surface area contributed by atoms with Gasteiger partial charge in [0.15, 0.2) is 11.5 Å². The van der Waals surface area contributed by atoms with Gasteiger partial charge in [-0.25, -0.2) is 0 Å². The van der Waals surface area contributed by atoms with Crippen molar-refractivity contribution in [3.05, 3.63) is 42.5 Å². The molecule has 1 aliphatic heterocycles. The van der Waals surface area contributed by atoms with Crippen molar-refractivity contribution in [1.29, 1.82) is 0 Å². The summed E-state index contributed by atoms with van der Waals surface area (Å²) in [6.07, 6.45) is 0. The zero-order valence-corrected chi connectivity index (χ0v) is 17.3. The first-order valence-corrected chi connectivity index (χ1v) is 10.0. The van der Waals surface area contributed by atoms with Crippen LogP contribution in [0, 0.1) is 0 Å². The Morgan fingerprint density at radius 1 is 0.900 bits per heavy atom. The minimum absolute atomic E-state index is 0.0988. The van der Waals surface area contributed by atoms with Gasteiger partial charge in [-0.05, 0) is 49.9 Å². The summed E-state index contributed by atoms with van der Waals surface area (Å²) in [5.41, 5.74) is 1.30. The summed E-state index contributed by atoms with van der Waals surface area (Å²) in [6.45, 7) is 6.18. The minimum atomic E-state index is -0.206. The van der Waals surface area contributed by atoms with E-state index in [0.717, 1.165) is 5.75 Å². The zero-order valence-electron chi connectivity index (χ0n) is 17.3. The monoisotopic (exact) mass is 413 g/mol. The van der Waals surface area contributed by atoms with Crippen molar-refractivity contribution >= 4 is 23.2 Å². The molecule has 8 nitrogen and oxygen atoms in total. The average Bonchev–Trinajstić information content (AvgIpc) is 2.74. The molecule has 0 spiro atoms. The summed E-state index contributed by atoms with van der Waals surface area (Å²) in [7, 11) is 0. The smallest absolute Gasteiger partial charge is 0.238 e. The van der Waals surface area contributed by atoms with Crippen LogP contribution in [0.1, 0.15) is 13.8 Å². The third-order valence-electron chi connectivity index (χ3n) is 4.46. The number of hydrogen-bond donors (Lipinski definition) is 2. The molecule has 0 unspecified atom stereocenters. The number of nitrogens with zero attached hydrogens (tertiary/aromatic N) is 1. The zero-order chi connectivity index (χ0) is 21.3. The fourth-order valence-electron chi connectivity index (χ4n) is 3.01. The molecule has 30 heavy (non-hydrogen) atoms. The van der Waals surface area contributed by atoms with Crippen molar-refractivity contribution in [2.24, 2.45) is 0 Å². The van der Waals surface area contributed by atoms with Crippen molar-refractivity contribution in [1.82, 2.24) is 4.90 Å². The van der Waals surface area contributed by atoms with Gasteiger partial charge in [0.2, 0.25) is 11.8 Å². The van der Waals surface area contributed by atoms with Crippen molar-refractivity contribution in [3.8, 4) is 17.2 Å². The fraction of sp³-hybridized carbons (Fsp3) is 0.364. The van der Waals surface area contributed by atoms with E-state index in [-0.39, 0.29) is 24.9 Å². The summed E-state index contributed by atoms with van der Waals surface area (Å²) in [4.78, 5) is 26.5. The molecule has 1 aliphatic rings. The van der Waals surface area contributed by atoms with Crippen LogP contribution >= 0.6 is 0 Å². The molecule has 3 rings (SSSR count). The number of rotatable bonds is 9. The third kappa shape index (κ3) is 6.12. The van der Waals surface area contributed by atoms with Crippen LogP contribution in [0.2, 0.25) is 0 Å². The van der Waals surface area contributed by atoms with E-state index in [1.54, 1.807) is 47.4 Å². The minimum Gasteiger partial charge on any atom is -0.494 e. The highest BCUT2D eigenvalue weighted by Gasteiger charge is 2.16. The van der Waals surface area contributed by atoms with Crippen LogP contribution < -0.4 is 24.8 Å². The molecule has 2 amide bonds. The van der Waals surface area contributed by atoms with Crippen molar-refractivity contribution in [2.45, 2.75) is 13.8 Å². The quantitative estimate of drug-likeness (QED) is 0.657. The maximum absolute atomic E-state index is 12.4. The van der Waals surface area contributed by atoms with Gasteiger partial charge in [0.25, 0.3) is 0 Å². The highest BCUT2D eigenvalue weighted by Crippen LogP contribution is 2.32. The molecule has 8 heteroatoms. The van der Waals surface area contributed by atoms with Crippen LogP contribution in [0.3, 0.4) is 0 Å². The van der Waals surface area contributed by atoms with Crippen LogP contribution in [0.5, 0.6) is 17.2 Å². The summed E-state index contributed by atoms with van der Waals surface area (Å²) < 4.78 is 16.4. The predicted molar refractivity (Wildman–Crippen MR) is 114 cm³/mol. The lowest BCUT2D eigenvalue weighted by molar-refractivity contribution is -0.119. The molecule has 2 aromatic carbocycles. The Labute approximate surface area is 176 Å². The summed E-state index contributed by atoms with van der Waals surface area (Å²) in [6, 6.07) is 12.4. The number of likely N-dealkylation sites (N-methyl/N-ethyl adjacent to an activating group) is 1. The fourth-order valence-corrected chi connectivity index (χ4v) is 3.01. The van der Waals surface area contributed by atoms with Crippen LogP contribution in [-0.2, 0) is 9.59 Å². The number of fused-ring (bicyclic) bond motifs is 1. The SMILES string of the molecule is CCOc1ccc(NC(=O)CN(CC)CC(=O)Nc2ccc3c(c2)OCCO3)cc1. The van der Waals surface area contributed by atoms with Gasteiger partial charge in [-0.15, -0.1) is 0 Å². The molecular formula is C22H27N3O5. The van der Waals surface area contributed by atoms with Gasteiger partial charge < -0.3 is 24.8 Å². The van der Waals surface area contributed by atoms with Gasteiger partial charge in [0.1, 0.15) is 19.0 Å². The van der Waals surface area contributed by atoms with Crippen molar-refractivity contribution in [2.75, 3.05) is 50.1 Å². The second-order valence-corrected chi connectivity index (χ2v) is 6.72. The van der Waals surface area contributed by atoms with Crippen LogP contribution in [0.25, 0.3) is 0 Å². The highest BCUT2D eigenvalue weighted by atomic mass is 16.6. The summed E-state index contributed by atoms with van der Waals surface area (Å²) >= 11 is 0. The molecule has 0 aromatic heterocycles. The first-order chi connectivity index (χ1) is 14.6. The predicted octanol–water partition coefficient (Wildman–Crippen LogP) is 2.76. The highest BCUT2D eigenvalue weighted by molar-refractivity contribution is 5.94. The third-order valence-corrected chi connectivity index (χ3v) is 4.46. The number of amides is 2. The van der Waals surface area contributed by atoms with E-state index in [1.165, 1.54) is 0 Å². The van der Waals surface area contributed by atoms with E-state index >= 15 is 0 Å². The lowest BCUT2D eigenvalue weighted by Crippen LogP contribution is -2.38. The summed E-state index contributed by atoms with van der Waals surface area (Å²) in [5, 5.41) is 5.67. The van der Waals surface area contributed by atoms with Crippen LogP contribution in [0.4, 0.5) is 11.4 Å². The van der Waals surface area contributed by atoms with Gasteiger partial charge in [0.05, 0.1) is 19.7 Å². The maximum Gasteiger partial charge on any atom is 0.238 e. The van der Waals surface area contributed by atoms with Gasteiger partial charge in [0, 0.05) is 17.4 Å². The van der Waals surface area contributed by atoms with Gasteiger partial charge in [-0.1, -0.05) is 6.92 Å². The van der Waals surface area contributed by atoms with E-state index in [4.69, 9.17) is 14.2 Å². The first kappa shape index (κ1) is 21.4. The maximum atomic E-state index is 12.4. The Balaban J connectivity index is 1.49. The largest absolute Gasteiger partial charge is 0.494 e. The molecule has 0 radical (unpaired) electrons. The molecule has 160 valence electrons. The second-order valence-electron chi connectivity index (χ2n) is 6.72. The number of hydrogen-bond acceptors (Lipinski definition) is 6. The van der Waals surface area contributed by atoms with Crippen LogP contribution in [0.15, 0.2) is 42.5 Å². The molecule has 2 aromatic rings. The number of carbonyl (C=O) groups excluding carboxylic acids is 2. The Bertz CT molecular complexity index is 870.